The monoisotopic (exact) mass is 262 g/mol. The standard InChI is InChI=1S/C16H14N4/c1-12-4-2-7-16-19-15(11-20(12)16)10-18-14-6-3-5-13(8-14)9-17/h2-8,11,18H,10H2,1H3. The van der Waals surface area contributed by atoms with Crippen LogP contribution in [0.25, 0.3) is 5.65 Å². The molecule has 0 unspecified atom stereocenters. The first-order valence-electron chi connectivity index (χ1n) is 6.44. The van der Waals surface area contributed by atoms with Crippen molar-refractivity contribution in [1.29, 1.82) is 5.26 Å². The first-order chi connectivity index (χ1) is 9.76. The minimum absolute atomic E-state index is 0.635. The van der Waals surface area contributed by atoms with Gasteiger partial charge in [-0.15, -0.1) is 0 Å². The van der Waals surface area contributed by atoms with Gasteiger partial charge in [0.1, 0.15) is 5.65 Å². The summed E-state index contributed by atoms with van der Waals surface area (Å²) < 4.78 is 2.07. The molecule has 0 spiro atoms. The smallest absolute Gasteiger partial charge is 0.137 e. The second kappa shape index (κ2) is 5.06. The largest absolute Gasteiger partial charge is 0.379 e. The summed E-state index contributed by atoms with van der Waals surface area (Å²) in [4.78, 5) is 4.57. The van der Waals surface area contributed by atoms with Crippen molar-refractivity contribution in [2.24, 2.45) is 0 Å². The highest BCUT2D eigenvalue weighted by Gasteiger charge is 2.03. The van der Waals surface area contributed by atoms with Gasteiger partial charge in [-0.25, -0.2) is 4.98 Å². The summed E-state index contributed by atoms with van der Waals surface area (Å²) in [5.41, 5.74) is 4.67. The van der Waals surface area contributed by atoms with E-state index in [1.54, 1.807) is 6.07 Å². The van der Waals surface area contributed by atoms with Gasteiger partial charge in [0.2, 0.25) is 0 Å². The van der Waals surface area contributed by atoms with Crippen LogP contribution in [-0.4, -0.2) is 9.38 Å². The van der Waals surface area contributed by atoms with E-state index in [4.69, 9.17) is 5.26 Å². The number of anilines is 1. The second-order valence-corrected chi connectivity index (χ2v) is 4.67. The number of imidazole rings is 1. The Bertz CT molecular complexity index is 796. The van der Waals surface area contributed by atoms with Crippen LogP contribution in [0.2, 0.25) is 0 Å². The van der Waals surface area contributed by atoms with Crippen molar-refractivity contribution in [3.63, 3.8) is 0 Å². The molecule has 0 bridgehead atoms. The average Bonchev–Trinajstić information content (AvgIpc) is 2.90. The lowest BCUT2D eigenvalue weighted by Gasteiger charge is -2.03. The number of hydrogen-bond acceptors (Lipinski definition) is 3. The van der Waals surface area contributed by atoms with Crippen molar-refractivity contribution in [3.8, 4) is 6.07 Å². The molecule has 0 radical (unpaired) electrons. The predicted molar refractivity (Wildman–Crippen MR) is 78.4 cm³/mol. The fourth-order valence-corrected chi connectivity index (χ4v) is 2.18. The summed E-state index contributed by atoms with van der Waals surface area (Å²) in [6.45, 7) is 2.69. The van der Waals surface area contributed by atoms with E-state index >= 15 is 0 Å². The van der Waals surface area contributed by atoms with E-state index in [1.165, 1.54) is 0 Å². The van der Waals surface area contributed by atoms with E-state index < -0.39 is 0 Å². The Morgan fingerprint density at radius 2 is 2.10 bits per heavy atom. The van der Waals surface area contributed by atoms with E-state index in [1.807, 2.05) is 36.5 Å². The summed E-state index contributed by atoms with van der Waals surface area (Å²) in [6, 6.07) is 15.6. The van der Waals surface area contributed by atoms with Gasteiger partial charge in [0.05, 0.1) is 23.9 Å². The van der Waals surface area contributed by atoms with Crippen molar-refractivity contribution < 1.29 is 0 Å². The third-order valence-electron chi connectivity index (χ3n) is 3.21. The summed E-state index contributed by atoms with van der Waals surface area (Å²) in [5.74, 6) is 0. The fourth-order valence-electron chi connectivity index (χ4n) is 2.18. The van der Waals surface area contributed by atoms with E-state index in [2.05, 4.69) is 33.8 Å². The van der Waals surface area contributed by atoms with Gasteiger partial charge in [-0.2, -0.15) is 5.26 Å². The molecular formula is C16H14N4. The van der Waals surface area contributed by atoms with Crippen LogP contribution in [0.4, 0.5) is 5.69 Å². The summed E-state index contributed by atoms with van der Waals surface area (Å²) >= 11 is 0. The predicted octanol–water partition coefficient (Wildman–Crippen LogP) is 3.13. The number of nitriles is 1. The molecule has 20 heavy (non-hydrogen) atoms. The van der Waals surface area contributed by atoms with Crippen LogP contribution in [-0.2, 0) is 6.54 Å². The molecule has 98 valence electrons. The van der Waals surface area contributed by atoms with Gasteiger partial charge in [0.25, 0.3) is 0 Å². The molecular weight excluding hydrogens is 248 g/mol. The molecule has 3 rings (SSSR count). The van der Waals surface area contributed by atoms with Crippen LogP contribution in [0.5, 0.6) is 0 Å². The quantitative estimate of drug-likeness (QED) is 0.789. The maximum atomic E-state index is 8.88. The van der Waals surface area contributed by atoms with E-state index in [9.17, 15) is 0 Å². The van der Waals surface area contributed by atoms with Gasteiger partial charge in [-0.05, 0) is 37.3 Å². The Hall–Kier alpha value is -2.80. The lowest BCUT2D eigenvalue weighted by molar-refractivity contribution is 1.06. The number of aromatic nitrogens is 2. The van der Waals surface area contributed by atoms with Crippen LogP contribution in [0.15, 0.2) is 48.7 Å². The maximum absolute atomic E-state index is 8.88. The lowest BCUT2D eigenvalue weighted by atomic mass is 10.2. The molecule has 0 fully saturated rings. The minimum Gasteiger partial charge on any atom is -0.379 e. The highest BCUT2D eigenvalue weighted by molar-refractivity contribution is 5.49. The molecule has 0 atom stereocenters. The third kappa shape index (κ3) is 2.34. The summed E-state index contributed by atoms with van der Waals surface area (Å²) in [6.07, 6.45) is 2.03. The number of nitrogens with one attached hydrogen (secondary N) is 1. The Kier molecular flexibility index (Phi) is 3.10. The van der Waals surface area contributed by atoms with Crippen LogP contribution >= 0.6 is 0 Å². The van der Waals surface area contributed by atoms with Crippen molar-refractivity contribution >= 4 is 11.3 Å². The molecule has 0 amide bonds. The zero-order valence-corrected chi connectivity index (χ0v) is 11.2. The van der Waals surface area contributed by atoms with Crippen LogP contribution in [0, 0.1) is 18.3 Å². The number of pyridine rings is 1. The van der Waals surface area contributed by atoms with Crippen LogP contribution < -0.4 is 5.32 Å². The summed E-state index contributed by atoms with van der Waals surface area (Å²) in [5, 5.41) is 12.2. The Labute approximate surface area is 117 Å². The average molecular weight is 262 g/mol. The number of rotatable bonds is 3. The van der Waals surface area contributed by atoms with Gasteiger partial charge in [0.15, 0.2) is 0 Å². The number of nitrogens with zero attached hydrogens (tertiary/aromatic N) is 3. The topological polar surface area (TPSA) is 53.1 Å². The van der Waals surface area contributed by atoms with Crippen molar-refractivity contribution in [3.05, 3.63) is 65.6 Å². The first kappa shape index (κ1) is 12.2. The van der Waals surface area contributed by atoms with Crippen molar-refractivity contribution in [2.75, 3.05) is 5.32 Å². The number of fused-ring (bicyclic) bond motifs is 1. The number of benzene rings is 1. The highest BCUT2D eigenvalue weighted by atomic mass is 15.0. The molecule has 2 heterocycles. The molecule has 0 saturated carbocycles. The van der Waals surface area contributed by atoms with Gasteiger partial charge >= 0.3 is 0 Å². The fraction of sp³-hybridized carbons (Fsp3) is 0.125. The van der Waals surface area contributed by atoms with Gasteiger partial charge in [-0.1, -0.05) is 12.1 Å². The van der Waals surface area contributed by atoms with E-state index in [0.29, 0.717) is 12.1 Å². The molecule has 2 aromatic heterocycles. The molecule has 0 aliphatic heterocycles. The molecule has 4 heteroatoms. The lowest BCUT2D eigenvalue weighted by Crippen LogP contribution is -1.99. The third-order valence-corrected chi connectivity index (χ3v) is 3.21. The molecule has 0 aliphatic rings. The van der Waals surface area contributed by atoms with Crippen molar-refractivity contribution in [1.82, 2.24) is 9.38 Å². The minimum atomic E-state index is 0.635. The maximum Gasteiger partial charge on any atom is 0.137 e. The molecule has 1 aromatic carbocycles. The second-order valence-electron chi connectivity index (χ2n) is 4.67. The van der Waals surface area contributed by atoms with E-state index in [0.717, 1.165) is 22.7 Å². The Morgan fingerprint density at radius 3 is 2.90 bits per heavy atom. The molecule has 0 saturated heterocycles. The van der Waals surface area contributed by atoms with E-state index in [-0.39, 0.29) is 0 Å². The molecule has 1 N–H and O–H groups in total. The highest BCUT2D eigenvalue weighted by Crippen LogP contribution is 2.13. The first-order valence-corrected chi connectivity index (χ1v) is 6.44. The SMILES string of the molecule is Cc1cccc2nc(CNc3cccc(C#N)c3)cn12. The Morgan fingerprint density at radius 1 is 1.25 bits per heavy atom. The van der Waals surface area contributed by atoms with Gasteiger partial charge in [-0.3, -0.25) is 0 Å². The van der Waals surface area contributed by atoms with Crippen molar-refractivity contribution in [2.45, 2.75) is 13.5 Å². The zero-order valence-electron chi connectivity index (χ0n) is 11.2. The molecule has 4 nitrogen and oxygen atoms in total. The summed E-state index contributed by atoms with van der Waals surface area (Å²) in [7, 11) is 0. The zero-order chi connectivity index (χ0) is 13.9. The Balaban J connectivity index is 1.80. The van der Waals surface area contributed by atoms with Gasteiger partial charge in [0, 0.05) is 17.6 Å². The van der Waals surface area contributed by atoms with Gasteiger partial charge < -0.3 is 9.72 Å². The number of hydrogen-bond donors (Lipinski definition) is 1. The van der Waals surface area contributed by atoms with Crippen LogP contribution in [0.3, 0.4) is 0 Å². The molecule has 3 aromatic rings. The normalized spacial score (nSPS) is 10.4. The van der Waals surface area contributed by atoms with Crippen LogP contribution in [0.1, 0.15) is 17.0 Å². The number of aryl methyl sites for hydroxylation is 1. The molecule has 0 aliphatic carbocycles.